The largest absolute Gasteiger partial charge is 0.479 e. The Kier molecular flexibility index (Phi) is 5.51. The van der Waals surface area contributed by atoms with Gasteiger partial charge in [0.15, 0.2) is 6.04 Å². The molecule has 1 aliphatic carbocycles. The number of hydrogen-bond acceptors (Lipinski definition) is 3. The molecule has 0 spiro atoms. The molecule has 158 valence electrons. The molecule has 0 bridgehead atoms. The minimum absolute atomic E-state index is 0.0794. The molecular weight excluding hydrogens is 390 g/mol. The van der Waals surface area contributed by atoms with Gasteiger partial charge in [-0.25, -0.2) is 9.59 Å². The number of ether oxygens (including phenoxy) is 1. The number of rotatable bonds is 5. The van der Waals surface area contributed by atoms with Gasteiger partial charge in [-0.05, 0) is 59.7 Å². The maximum absolute atomic E-state index is 12.6. The third-order valence-corrected chi connectivity index (χ3v) is 5.88. The summed E-state index contributed by atoms with van der Waals surface area (Å²) in [7, 11) is 0. The summed E-state index contributed by atoms with van der Waals surface area (Å²) in [5.41, 5.74) is 7.78. The van der Waals surface area contributed by atoms with Crippen LogP contribution in [0.5, 0.6) is 0 Å². The Morgan fingerprint density at radius 1 is 0.935 bits per heavy atom. The summed E-state index contributed by atoms with van der Waals surface area (Å²) >= 11 is 0. The van der Waals surface area contributed by atoms with Crippen LogP contribution >= 0.6 is 0 Å². The van der Waals surface area contributed by atoms with Gasteiger partial charge in [0.25, 0.3) is 0 Å². The van der Waals surface area contributed by atoms with E-state index in [1.165, 1.54) is 0 Å². The van der Waals surface area contributed by atoms with Gasteiger partial charge in [-0.2, -0.15) is 0 Å². The predicted octanol–water partition coefficient (Wildman–Crippen LogP) is 5.28. The Labute approximate surface area is 181 Å². The molecule has 0 saturated carbocycles. The fourth-order valence-corrected chi connectivity index (χ4v) is 4.66. The highest BCUT2D eigenvalue weighted by atomic mass is 16.5. The zero-order chi connectivity index (χ0) is 22.1. The molecule has 31 heavy (non-hydrogen) atoms. The van der Waals surface area contributed by atoms with E-state index in [9.17, 15) is 14.7 Å². The number of nitrogens with one attached hydrogen (secondary N) is 1. The van der Waals surface area contributed by atoms with Gasteiger partial charge in [0.05, 0.1) is 0 Å². The highest BCUT2D eigenvalue weighted by Crippen LogP contribution is 2.44. The number of carbonyl (C=O) groups excluding carboxylic acids is 1. The molecule has 5 heteroatoms. The van der Waals surface area contributed by atoms with E-state index in [-0.39, 0.29) is 12.5 Å². The molecule has 1 aliphatic rings. The van der Waals surface area contributed by atoms with Crippen LogP contribution in [0.25, 0.3) is 11.1 Å². The first-order valence-corrected chi connectivity index (χ1v) is 10.3. The SMILES string of the molecule is Cc1cc(C)c(C(NC(=O)OCC2c3ccccc3-c3ccccc32)C(=O)O)c(C)c1. The fraction of sp³-hybridized carbons (Fsp3) is 0.231. The second kappa shape index (κ2) is 8.26. The first-order chi connectivity index (χ1) is 14.9. The first-order valence-electron chi connectivity index (χ1n) is 10.3. The van der Waals surface area contributed by atoms with Gasteiger partial charge < -0.3 is 15.2 Å². The van der Waals surface area contributed by atoms with Crippen LogP contribution in [0.2, 0.25) is 0 Å². The van der Waals surface area contributed by atoms with Gasteiger partial charge in [-0.3, -0.25) is 0 Å². The van der Waals surface area contributed by atoms with Gasteiger partial charge in [0.1, 0.15) is 6.61 Å². The molecule has 1 amide bonds. The zero-order valence-electron chi connectivity index (χ0n) is 17.8. The lowest BCUT2D eigenvalue weighted by atomic mass is 9.94. The van der Waals surface area contributed by atoms with Crippen molar-refractivity contribution in [1.82, 2.24) is 5.32 Å². The normalized spacial score (nSPS) is 13.3. The summed E-state index contributed by atoms with van der Waals surface area (Å²) in [6, 6.07) is 18.8. The first kappa shape index (κ1) is 20.7. The highest BCUT2D eigenvalue weighted by Gasteiger charge is 2.30. The highest BCUT2D eigenvalue weighted by molar-refractivity contribution is 5.83. The Hall–Kier alpha value is -3.60. The number of carbonyl (C=O) groups is 2. The lowest BCUT2D eigenvalue weighted by Gasteiger charge is -2.21. The van der Waals surface area contributed by atoms with Crippen molar-refractivity contribution in [3.05, 3.63) is 94.0 Å². The minimum Gasteiger partial charge on any atom is -0.479 e. The number of alkyl carbamates (subject to hydrolysis) is 1. The maximum Gasteiger partial charge on any atom is 0.408 e. The topological polar surface area (TPSA) is 75.6 Å². The monoisotopic (exact) mass is 415 g/mol. The van der Waals surface area contributed by atoms with Crippen molar-refractivity contribution in [3.8, 4) is 11.1 Å². The van der Waals surface area contributed by atoms with E-state index in [1.54, 1.807) is 0 Å². The number of amides is 1. The van der Waals surface area contributed by atoms with E-state index in [4.69, 9.17) is 4.74 Å². The van der Waals surface area contributed by atoms with Crippen molar-refractivity contribution in [1.29, 1.82) is 0 Å². The molecule has 0 aromatic heterocycles. The van der Waals surface area contributed by atoms with Crippen molar-refractivity contribution >= 4 is 12.1 Å². The summed E-state index contributed by atoms with van der Waals surface area (Å²) in [5, 5.41) is 12.3. The van der Waals surface area contributed by atoms with Crippen LogP contribution in [0.4, 0.5) is 4.79 Å². The molecule has 3 aromatic rings. The van der Waals surface area contributed by atoms with Gasteiger partial charge in [0.2, 0.25) is 0 Å². The molecule has 4 rings (SSSR count). The van der Waals surface area contributed by atoms with Gasteiger partial charge in [-0.15, -0.1) is 0 Å². The Morgan fingerprint density at radius 3 is 1.97 bits per heavy atom. The average molecular weight is 415 g/mol. The lowest BCUT2D eigenvalue weighted by Crippen LogP contribution is -2.35. The van der Waals surface area contributed by atoms with Crippen LogP contribution in [-0.4, -0.2) is 23.8 Å². The fourth-order valence-electron chi connectivity index (χ4n) is 4.66. The molecule has 0 radical (unpaired) electrons. The molecule has 0 aliphatic heterocycles. The molecule has 1 atom stereocenters. The molecule has 0 fully saturated rings. The number of hydrogen-bond donors (Lipinski definition) is 2. The third-order valence-electron chi connectivity index (χ3n) is 5.88. The second-order valence-electron chi connectivity index (χ2n) is 8.05. The van der Waals surface area contributed by atoms with Crippen LogP contribution in [0.1, 0.15) is 45.3 Å². The average Bonchev–Trinajstić information content (AvgIpc) is 3.04. The van der Waals surface area contributed by atoms with E-state index in [2.05, 4.69) is 17.4 Å². The Bertz CT molecular complexity index is 1100. The summed E-state index contributed by atoms with van der Waals surface area (Å²) in [6.07, 6.45) is -0.742. The van der Waals surface area contributed by atoms with Crippen molar-refractivity contribution in [2.75, 3.05) is 6.61 Å². The molecule has 1 unspecified atom stereocenters. The third kappa shape index (κ3) is 3.91. The summed E-state index contributed by atoms with van der Waals surface area (Å²) in [5.74, 6) is -1.20. The quantitative estimate of drug-likeness (QED) is 0.595. The van der Waals surface area contributed by atoms with Crippen LogP contribution in [0.3, 0.4) is 0 Å². The predicted molar refractivity (Wildman–Crippen MR) is 119 cm³/mol. The molecule has 3 aromatic carbocycles. The van der Waals surface area contributed by atoms with Crippen molar-refractivity contribution < 1.29 is 19.4 Å². The van der Waals surface area contributed by atoms with E-state index < -0.39 is 18.1 Å². The van der Waals surface area contributed by atoms with Crippen LogP contribution < -0.4 is 5.32 Å². The van der Waals surface area contributed by atoms with Crippen molar-refractivity contribution in [2.45, 2.75) is 32.7 Å². The van der Waals surface area contributed by atoms with Crippen molar-refractivity contribution in [3.63, 3.8) is 0 Å². The molecule has 0 heterocycles. The zero-order valence-corrected chi connectivity index (χ0v) is 17.8. The van der Waals surface area contributed by atoms with Gasteiger partial charge in [0, 0.05) is 5.92 Å². The Morgan fingerprint density at radius 2 is 1.45 bits per heavy atom. The lowest BCUT2D eigenvalue weighted by molar-refractivity contribution is -0.139. The number of aliphatic carboxylic acids is 1. The van der Waals surface area contributed by atoms with E-state index in [0.717, 1.165) is 38.9 Å². The standard InChI is InChI=1S/C26H25NO4/c1-15-12-16(2)23(17(3)13-15)24(25(28)29)27-26(30)31-14-22-20-10-6-4-8-18(20)19-9-5-7-11-21(19)22/h4-13,22,24H,14H2,1-3H3,(H,27,30)(H,28,29). The molecule has 5 nitrogen and oxygen atoms in total. The maximum atomic E-state index is 12.6. The summed E-state index contributed by atoms with van der Waals surface area (Å²) in [4.78, 5) is 24.5. The van der Waals surface area contributed by atoms with Crippen LogP contribution in [0, 0.1) is 20.8 Å². The number of carboxylic acid groups (broad SMARTS) is 1. The molecule has 0 saturated heterocycles. The van der Waals surface area contributed by atoms with E-state index in [0.29, 0.717) is 5.56 Å². The minimum atomic E-state index is -1.17. The second-order valence-corrected chi connectivity index (χ2v) is 8.05. The van der Waals surface area contributed by atoms with Crippen LogP contribution in [0.15, 0.2) is 60.7 Å². The van der Waals surface area contributed by atoms with Crippen LogP contribution in [-0.2, 0) is 9.53 Å². The van der Waals surface area contributed by atoms with E-state index in [1.807, 2.05) is 69.3 Å². The van der Waals surface area contributed by atoms with E-state index >= 15 is 0 Å². The van der Waals surface area contributed by atoms with Gasteiger partial charge >= 0.3 is 12.1 Å². The molecular formula is C26H25NO4. The van der Waals surface area contributed by atoms with Gasteiger partial charge in [-0.1, -0.05) is 66.2 Å². The number of fused-ring (bicyclic) bond motifs is 3. The summed E-state index contributed by atoms with van der Waals surface area (Å²) in [6.45, 7) is 5.80. The number of carboxylic acids is 1. The Balaban J connectivity index is 1.52. The van der Waals surface area contributed by atoms with Crippen molar-refractivity contribution in [2.24, 2.45) is 0 Å². The summed E-state index contributed by atoms with van der Waals surface area (Å²) < 4.78 is 5.53. The smallest absolute Gasteiger partial charge is 0.408 e. The molecule has 2 N–H and O–H groups in total. The number of aryl methyl sites for hydroxylation is 3. The number of benzene rings is 3.